The van der Waals surface area contributed by atoms with Gasteiger partial charge in [0.15, 0.2) is 0 Å². The highest BCUT2D eigenvalue weighted by Crippen LogP contribution is 2.32. The van der Waals surface area contributed by atoms with E-state index in [2.05, 4.69) is 12.2 Å². The molecule has 0 bridgehead atoms. The van der Waals surface area contributed by atoms with Crippen molar-refractivity contribution < 1.29 is 4.79 Å². The van der Waals surface area contributed by atoms with E-state index in [1.165, 1.54) is 32.1 Å². The Balaban J connectivity index is 1.86. The van der Waals surface area contributed by atoms with Crippen LogP contribution in [0.15, 0.2) is 18.2 Å². The van der Waals surface area contributed by atoms with Crippen LogP contribution in [0, 0.1) is 18.8 Å². The molecule has 1 amide bonds. The fraction of sp³-hybridized carbons (Fsp3) is 0.611. The van der Waals surface area contributed by atoms with Gasteiger partial charge in [0, 0.05) is 17.3 Å². The number of carbonyl (C=O) groups is 1. The number of anilines is 2. The van der Waals surface area contributed by atoms with E-state index in [0.29, 0.717) is 5.69 Å². The molecular formula is C18H28N2O. The van der Waals surface area contributed by atoms with Crippen molar-refractivity contribution in [3.05, 3.63) is 23.8 Å². The highest BCUT2D eigenvalue weighted by atomic mass is 16.1. The summed E-state index contributed by atoms with van der Waals surface area (Å²) in [6.45, 7) is 4.24. The summed E-state index contributed by atoms with van der Waals surface area (Å²) in [7, 11) is 0. The lowest BCUT2D eigenvalue weighted by Gasteiger charge is -2.28. The van der Waals surface area contributed by atoms with Gasteiger partial charge >= 0.3 is 0 Å². The topological polar surface area (TPSA) is 55.1 Å². The van der Waals surface area contributed by atoms with Gasteiger partial charge in [-0.3, -0.25) is 4.79 Å². The van der Waals surface area contributed by atoms with Gasteiger partial charge in [0.2, 0.25) is 5.91 Å². The lowest BCUT2D eigenvalue weighted by atomic mass is 9.79. The van der Waals surface area contributed by atoms with Gasteiger partial charge in [-0.05, 0) is 56.2 Å². The highest BCUT2D eigenvalue weighted by molar-refractivity contribution is 5.93. The summed E-state index contributed by atoms with van der Waals surface area (Å²) < 4.78 is 0. The summed E-state index contributed by atoms with van der Waals surface area (Å²) in [6, 6.07) is 5.66. The van der Waals surface area contributed by atoms with Crippen molar-refractivity contribution in [2.24, 2.45) is 11.8 Å². The first-order chi connectivity index (χ1) is 10.1. The van der Waals surface area contributed by atoms with Crippen molar-refractivity contribution in [1.82, 2.24) is 0 Å². The van der Waals surface area contributed by atoms with Crippen LogP contribution >= 0.6 is 0 Å². The normalized spacial score (nSPS) is 22.0. The van der Waals surface area contributed by atoms with E-state index in [4.69, 9.17) is 5.73 Å². The summed E-state index contributed by atoms with van der Waals surface area (Å²) in [4.78, 5) is 12.4. The Kier molecular flexibility index (Phi) is 5.66. The molecule has 3 nitrogen and oxygen atoms in total. The zero-order valence-corrected chi connectivity index (χ0v) is 13.3. The largest absolute Gasteiger partial charge is 0.399 e. The van der Waals surface area contributed by atoms with Gasteiger partial charge in [-0.1, -0.05) is 32.3 Å². The Hall–Kier alpha value is -1.51. The minimum absolute atomic E-state index is 0.164. The standard InChI is InChI=1S/C18H28N2O/c1-3-4-5-14-7-9-15(10-8-14)18(21)20-17-12-16(19)11-6-13(17)2/h6,11-12,14-15H,3-5,7-10,19H2,1-2H3,(H,20,21). The second-order valence-corrected chi connectivity index (χ2v) is 6.42. The number of hydrogen-bond donors (Lipinski definition) is 2. The van der Waals surface area contributed by atoms with Gasteiger partial charge in [-0.2, -0.15) is 0 Å². The smallest absolute Gasteiger partial charge is 0.227 e. The number of nitrogen functional groups attached to an aromatic ring is 1. The Morgan fingerprint density at radius 3 is 2.67 bits per heavy atom. The molecule has 1 saturated carbocycles. The molecule has 0 spiro atoms. The van der Waals surface area contributed by atoms with Crippen LogP contribution < -0.4 is 11.1 Å². The number of amides is 1. The maximum Gasteiger partial charge on any atom is 0.227 e. The van der Waals surface area contributed by atoms with Crippen molar-refractivity contribution in [2.45, 2.75) is 58.8 Å². The number of benzene rings is 1. The third kappa shape index (κ3) is 4.48. The van der Waals surface area contributed by atoms with Gasteiger partial charge < -0.3 is 11.1 Å². The molecule has 0 unspecified atom stereocenters. The number of nitrogens with one attached hydrogen (secondary N) is 1. The molecule has 1 fully saturated rings. The van der Waals surface area contributed by atoms with Crippen LogP contribution in [-0.4, -0.2) is 5.91 Å². The van der Waals surface area contributed by atoms with Crippen molar-refractivity contribution in [2.75, 3.05) is 11.1 Å². The molecule has 116 valence electrons. The molecule has 1 aliphatic rings. The van der Waals surface area contributed by atoms with Gasteiger partial charge in [0.05, 0.1) is 0 Å². The van der Waals surface area contributed by atoms with Crippen molar-refractivity contribution in [3.8, 4) is 0 Å². The molecule has 1 aromatic carbocycles. The van der Waals surface area contributed by atoms with E-state index in [9.17, 15) is 4.79 Å². The second kappa shape index (κ2) is 7.48. The first kappa shape index (κ1) is 15.9. The van der Waals surface area contributed by atoms with Crippen molar-refractivity contribution in [1.29, 1.82) is 0 Å². The van der Waals surface area contributed by atoms with E-state index in [-0.39, 0.29) is 11.8 Å². The molecule has 3 N–H and O–H groups in total. The molecule has 0 radical (unpaired) electrons. The van der Waals surface area contributed by atoms with Crippen molar-refractivity contribution in [3.63, 3.8) is 0 Å². The van der Waals surface area contributed by atoms with Crippen LogP contribution in [-0.2, 0) is 4.79 Å². The minimum atomic E-state index is 0.164. The fourth-order valence-corrected chi connectivity index (χ4v) is 3.22. The molecule has 0 heterocycles. The van der Waals surface area contributed by atoms with Gasteiger partial charge in [0.25, 0.3) is 0 Å². The summed E-state index contributed by atoms with van der Waals surface area (Å²) in [5.41, 5.74) is 8.41. The molecule has 0 aromatic heterocycles. The summed E-state index contributed by atoms with van der Waals surface area (Å²) in [5.74, 6) is 1.17. The Bertz CT molecular complexity index is 476. The number of unbranched alkanes of at least 4 members (excludes halogenated alkanes) is 1. The third-order valence-corrected chi connectivity index (χ3v) is 4.70. The predicted molar refractivity (Wildman–Crippen MR) is 89.2 cm³/mol. The first-order valence-electron chi connectivity index (χ1n) is 8.27. The molecule has 21 heavy (non-hydrogen) atoms. The average Bonchev–Trinajstić information content (AvgIpc) is 2.49. The summed E-state index contributed by atoms with van der Waals surface area (Å²) >= 11 is 0. The Morgan fingerprint density at radius 1 is 1.29 bits per heavy atom. The number of carbonyl (C=O) groups excluding carboxylic acids is 1. The van der Waals surface area contributed by atoms with Crippen molar-refractivity contribution >= 4 is 17.3 Å². The zero-order valence-electron chi connectivity index (χ0n) is 13.3. The Labute approximate surface area is 128 Å². The minimum Gasteiger partial charge on any atom is -0.399 e. The van der Waals surface area contributed by atoms with E-state index < -0.39 is 0 Å². The highest BCUT2D eigenvalue weighted by Gasteiger charge is 2.26. The SMILES string of the molecule is CCCCC1CCC(C(=O)Nc2cc(N)ccc2C)CC1. The maximum absolute atomic E-state index is 12.4. The molecular weight excluding hydrogens is 260 g/mol. The van der Waals surface area contributed by atoms with Gasteiger partial charge in [0.1, 0.15) is 0 Å². The van der Waals surface area contributed by atoms with E-state index in [1.807, 2.05) is 25.1 Å². The number of rotatable bonds is 5. The predicted octanol–water partition coefficient (Wildman–Crippen LogP) is 4.51. The number of hydrogen-bond acceptors (Lipinski definition) is 2. The molecule has 0 aliphatic heterocycles. The molecule has 3 heteroatoms. The number of aryl methyl sites for hydroxylation is 1. The van der Waals surface area contributed by atoms with Crippen LogP contribution in [0.4, 0.5) is 11.4 Å². The van der Waals surface area contributed by atoms with Crippen LogP contribution in [0.3, 0.4) is 0 Å². The van der Waals surface area contributed by atoms with E-state index >= 15 is 0 Å². The zero-order chi connectivity index (χ0) is 15.2. The maximum atomic E-state index is 12.4. The van der Waals surface area contributed by atoms with Crippen LogP contribution in [0.2, 0.25) is 0 Å². The quantitative estimate of drug-likeness (QED) is 0.783. The molecule has 0 saturated heterocycles. The summed E-state index contributed by atoms with van der Waals surface area (Å²) in [6.07, 6.45) is 8.39. The lowest BCUT2D eigenvalue weighted by molar-refractivity contribution is -0.121. The molecule has 0 atom stereocenters. The monoisotopic (exact) mass is 288 g/mol. The Morgan fingerprint density at radius 2 is 2.00 bits per heavy atom. The average molecular weight is 288 g/mol. The van der Waals surface area contributed by atoms with Gasteiger partial charge in [-0.15, -0.1) is 0 Å². The third-order valence-electron chi connectivity index (χ3n) is 4.70. The van der Waals surface area contributed by atoms with Crippen LogP contribution in [0.5, 0.6) is 0 Å². The fourth-order valence-electron chi connectivity index (χ4n) is 3.22. The van der Waals surface area contributed by atoms with Crippen LogP contribution in [0.25, 0.3) is 0 Å². The van der Waals surface area contributed by atoms with Gasteiger partial charge in [-0.25, -0.2) is 0 Å². The second-order valence-electron chi connectivity index (χ2n) is 6.42. The molecule has 1 aromatic rings. The molecule has 1 aliphatic carbocycles. The van der Waals surface area contributed by atoms with E-state index in [1.54, 1.807) is 0 Å². The van der Waals surface area contributed by atoms with E-state index in [0.717, 1.165) is 30.0 Å². The first-order valence-corrected chi connectivity index (χ1v) is 8.27. The van der Waals surface area contributed by atoms with Crippen LogP contribution in [0.1, 0.15) is 57.4 Å². The lowest BCUT2D eigenvalue weighted by Crippen LogP contribution is -2.27. The molecule has 2 rings (SSSR count). The number of nitrogens with two attached hydrogens (primary N) is 1. The summed E-state index contributed by atoms with van der Waals surface area (Å²) in [5, 5.41) is 3.06.